The van der Waals surface area contributed by atoms with Gasteiger partial charge in [0.25, 0.3) is 5.56 Å². The third-order valence-electron chi connectivity index (χ3n) is 3.59. The molecule has 2 N–H and O–H groups in total. The third kappa shape index (κ3) is 3.69. The van der Waals surface area contributed by atoms with Crippen LogP contribution in [0.1, 0.15) is 22.8 Å². The Kier molecular flexibility index (Phi) is 4.52. The van der Waals surface area contributed by atoms with Crippen molar-refractivity contribution in [1.82, 2.24) is 10.2 Å². The van der Waals surface area contributed by atoms with E-state index in [1.165, 1.54) is 13.0 Å². The fourth-order valence-corrected chi connectivity index (χ4v) is 2.39. The van der Waals surface area contributed by atoms with Gasteiger partial charge in [-0.15, -0.1) is 0 Å². The predicted octanol–water partition coefficient (Wildman–Crippen LogP) is 2.63. The molecule has 0 aliphatic rings. The number of hydrogen-bond acceptors (Lipinski definition) is 4. The molecule has 0 unspecified atom stereocenters. The number of anilines is 1. The Morgan fingerprint density at radius 2 is 1.68 bits per heavy atom. The number of benzene rings is 2. The molecular formula is C19H15N3O3. The Hall–Kier alpha value is -3.54. The van der Waals surface area contributed by atoms with E-state index in [9.17, 15) is 14.4 Å². The number of aromatic amines is 1. The fourth-order valence-electron chi connectivity index (χ4n) is 2.39. The van der Waals surface area contributed by atoms with Crippen molar-refractivity contribution in [2.75, 3.05) is 5.32 Å². The van der Waals surface area contributed by atoms with Gasteiger partial charge < -0.3 is 5.32 Å². The van der Waals surface area contributed by atoms with Crippen LogP contribution in [0.3, 0.4) is 0 Å². The number of aromatic nitrogens is 2. The zero-order chi connectivity index (χ0) is 17.8. The van der Waals surface area contributed by atoms with Crippen molar-refractivity contribution < 1.29 is 9.59 Å². The van der Waals surface area contributed by atoms with Gasteiger partial charge in [-0.05, 0) is 18.2 Å². The average Bonchev–Trinajstić information content (AvgIpc) is 2.62. The zero-order valence-electron chi connectivity index (χ0n) is 13.4. The van der Waals surface area contributed by atoms with Crippen molar-refractivity contribution in [3.05, 3.63) is 82.1 Å². The molecule has 0 saturated heterocycles. The van der Waals surface area contributed by atoms with Crippen LogP contribution in [0.2, 0.25) is 0 Å². The molecule has 0 fully saturated rings. The van der Waals surface area contributed by atoms with Crippen LogP contribution < -0.4 is 10.9 Å². The normalized spacial score (nSPS) is 10.3. The molecule has 1 heterocycles. The van der Waals surface area contributed by atoms with Crippen LogP contribution in [0.15, 0.2) is 65.5 Å². The van der Waals surface area contributed by atoms with Gasteiger partial charge in [-0.1, -0.05) is 42.5 Å². The number of rotatable bonds is 4. The van der Waals surface area contributed by atoms with Crippen molar-refractivity contribution in [2.45, 2.75) is 6.92 Å². The molecule has 0 saturated carbocycles. The zero-order valence-corrected chi connectivity index (χ0v) is 13.4. The van der Waals surface area contributed by atoms with Gasteiger partial charge in [-0.3, -0.25) is 14.4 Å². The first-order valence-corrected chi connectivity index (χ1v) is 7.62. The van der Waals surface area contributed by atoms with Crippen molar-refractivity contribution in [3.63, 3.8) is 0 Å². The van der Waals surface area contributed by atoms with E-state index in [4.69, 9.17) is 0 Å². The number of ketones is 1. The molecule has 124 valence electrons. The van der Waals surface area contributed by atoms with E-state index < -0.39 is 5.56 Å². The van der Waals surface area contributed by atoms with Crippen LogP contribution in [0.5, 0.6) is 0 Å². The molecule has 0 radical (unpaired) electrons. The van der Waals surface area contributed by atoms with Crippen LogP contribution in [-0.2, 0) is 4.79 Å². The molecule has 3 aromatic rings. The van der Waals surface area contributed by atoms with Gasteiger partial charge in [0.15, 0.2) is 5.78 Å². The van der Waals surface area contributed by atoms with E-state index in [1.54, 1.807) is 54.6 Å². The van der Waals surface area contributed by atoms with Gasteiger partial charge >= 0.3 is 0 Å². The quantitative estimate of drug-likeness (QED) is 0.718. The lowest BCUT2D eigenvalue weighted by Crippen LogP contribution is -2.19. The van der Waals surface area contributed by atoms with E-state index in [0.29, 0.717) is 22.5 Å². The molecule has 3 rings (SSSR count). The monoisotopic (exact) mass is 333 g/mol. The molecule has 0 bridgehead atoms. The second kappa shape index (κ2) is 6.92. The SMILES string of the molecule is CC(=O)Nc1ccc(-c2cc(C(=O)c3ccccc3)c(=O)[nH]n2)cc1. The number of carbonyl (C=O) groups excluding carboxylic acids is 2. The Labute approximate surface area is 143 Å². The predicted molar refractivity (Wildman–Crippen MR) is 94.5 cm³/mol. The average molecular weight is 333 g/mol. The summed E-state index contributed by atoms with van der Waals surface area (Å²) in [6.45, 7) is 1.43. The highest BCUT2D eigenvalue weighted by Gasteiger charge is 2.15. The topological polar surface area (TPSA) is 91.9 Å². The number of H-pyrrole nitrogens is 1. The molecular weight excluding hydrogens is 318 g/mol. The number of hydrogen-bond donors (Lipinski definition) is 2. The minimum atomic E-state index is -0.535. The van der Waals surface area contributed by atoms with Gasteiger partial charge in [-0.25, -0.2) is 5.10 Å². The number of nitrogens with zero attached hydrogens (tertiary/aromatic N) is 1. The van der Waals surface area contributed by atoms with E-state index in [2.05, 4.69) is 15.5 Å². The Balaban J connectivity index is 1.95. The van der Waals surface area contributed by atoms with Crippen LogP contribution in [0.4, 0.5) is 5.69 Å². The Morgan fingerprint density at radius 1 is 1.00 bits per heavy atom. The molecule has 0 aliphatic carbocycles. The van der Waals surface area contributed by atoms with Crippen LogP contribution in [0.25, 0.3) is 11.3 Å². The molecule has 0 spiro atoms. The van der Waals surface area contributed by atoms with E-state index in [1.807, 2.05) is 0 Å². The summed E-state index contributed by atoms with van der Waals surface area (Å²) in [6.07, 6.45) is 0. The largest absolute Gasteiger partial charge is 0.326 e. The lowest BCUT2D eigenvalue weighted by atomic mass is 10.0. The van der Waals surface area contributed by atoms with Crippen LogP contribution >= 0.6 is 0 Å². The summed E-state index contributed by atoms with van der Waals surface area (Å²) in [4.78, 5) is 35.6. The first-order valence-electron chi connectivity index (χ1n) is 7.62. The summed E-state index contributed by atoms with van der Waals surface area (Å²) in [5.74, 6) is -0.522. The van der Waals surface area contributed by atoms with Crippen molar-refractivity contribution in [1.29, 1.82) is 0 Å². The third-order valence-corrected chi connectivity index (χ3v) is 3.59. The highest BCUT2D eigenvalue weighted by atomic mass is 16.2. The van der Waals surface area contributed by atoms with Crippen molar-refractivity contribution in [2.24, 2.45) is 0 Å². The summed E-state index contributed by atoms with van der Waals surface area (Å²) in [5, 5.41) is 9.04. The first kappa shape index (κ1) is 16.3. The molecule has 1 amide bonds. The molecule has 25 heavy (non-hydrogen) atoms. The second-order valence-corrected chi connectivity index (χ2v) is 5.45. The van der Waals surface area contributed by atoms with Gasteiger partial charge in [0.05, 0.1) is 11.3 Å². The minimum Gasteiger partial charge on any atom is -0.326 e. The lowest BCUT2D eigenvalue weighted by molar-refractivity contribution is -0.114. The van der Waals surface area contributed by atoms with Crippen molar-refractivity contribution in [3.8, 4) is 11.3 Å². The van der Waals surface area contributed by atoms with Gasteiger partial charge in [-0.2, -0.15) is 5.10 Å². The maximum atomic E-state index is 12.5. The number of carbonyl (C=O) groups is 2. The summed E-state index contributed by atoms with van der Waals surface area (Å²) >= 11 is 0. The smallest absolute Gasteiger partial charge is 0.275 e. The minimum absolute atomic E-state index is 0.0298. The molecule has 0 atom stereocenters. The summed E-state index contributed by atoms with van der Waals surface area (Å²) in [5.41, 5.74) is 1.77. The van der Waals surface area contributed by atoms with Gasteiger partial charge in [0.2, 0.25) is 5.91 Å². The summed E-state index contributed by atoms with van der Waals surface area (Å²) in [7, 11) is 0. The van der Waals surface area contributed by atoms with Gasteiger partial charge in [0, 0.05) is 23.7 Å². The number of amides is 1. The lowest BCUT2D eigenvalue weighted by Gasteiger charge is -2.06. The number of nitrogens with one attached hydrogen (secondary N) is 2. The highest BCUT2D eigenvalue weighted by molar-refractivity contribution is 6.09. The second-order valence-electron chi connectivity index (χ2n) is 5.45. The highest BCUT2D eigenvalue weighted by Crippen LogP contribution is 2.20. The summed E-state index contributed by atoms with van der Waals surface area (Å²) < 4.78 is 0. The molecule has 0 aliphatic heterocycles. The van der Waals surface area contributed by atoms with E-state index in [-0.39, 0.29) is 17.3 Å². The van der Waals surface area contributed by atoms with Gasteiger partial charge in [0.1, 0.15) is 0 Å². The first-order chi connectivity index (χ1) is 12.0. The maximum Gasteiger partial charge on any atom is 0.275 e. The molecule has 6 nitrogen and oxygen atoms in total. The van der Waals surface area contributed by atoms with E-state index in [0.717, 1.165) is 0 Å². The molecule has 1 aromatic heterocycles. The van der Waals surface area contributed by atoms with Crippen LogP contribution in [0, 0.1) is 0 Å². The summed E-state index contributed by atoms with van der Waals surface area (Å²) in [6, 6.07) is 17.0. The maximum absolute atomic E-state index is 12.5. The molecule has 6 heteroatoms. The van der Waals surface area contributed by atoms with Crippen LogP contribution in [-0.4, -0.2) is 21.9 Å². The fraction of sp³-hybridized carbons (Fsp3) is 0.0526. The standard InChI is InChI=1S/C19H15N3O3/c1-12(23)20-15-9-7-13(8-10-15)17-11-16(19(25)22-21-17)18(24)14-5-3-2-4-6-14/h2-11H,1H3,(H,20,23)(H,22,25). The molecule has 2 aromatic carbocycles. The Morgan fingerprint density at radius 3 is 2.32 bits per heavy atom. The van der Waals surface area contributed by atoms with Crippen molar-refractivity contribution >= 4 is 17.4 Å². The Bertz CT molecular complexity index is 977. The van der Waals surface area contributed by atoms with E-state index >= 15 is 0 Å².